The Balaban J connectivity index is 1.73. The predicted octanol–water partition coefficient (Wildman–Crippen LogP) is 4.05. The van der Waals surface area contributed by atoms with Gasteiger partial charge in [-0.25, -0.2) is 4.98 Å². The molecular weight excluding hydrogens is 306 g/mol. The van der Waals surface area contributed by atoms with Crippen molar-refractivity contribution < 1.29 is 4.79 Å². The lowest BCUT2D eigenvalue weighted by Crippen LogP contribution is -2.29. The van der Waals surface area contributed by atoms with Gasteiger partial charge < -0.3 is 10.3 Å². The number of amides is 1. The van der Waals surface area contributed by atoms with Crippen LogP contribution in [-0.2, 0) is 11.2 Å². The van der Waals surface area contributed by atoms with Crippen LogP contribution in [0.2, 0.25) is 0 Å². The van der Waals surface area contributed by atoms with Crippen LogP contribution >= 0.6 is 11.3 Å². The minimum Gasteiger partial charge on any atom is -0.361 e. The molecule has 0 aliphatic rings. The molecule has 5 heteroatoms. The highest BCUT2D eigenvalue weighted by Gasteiger charge is 2.18. The minimum atomic E-state index is -0.00916. The number of rotatable bonds is 5. The van der Waals surface area contributed by atoms with Gasteiger partial charge in [0, 0.05) is 22.0 Å². The number of carbonyl (C=O) groups excluding carboxylic acids is 1. The molecule has 2 aromatic heterocycles. The number of hydrogen-bond acceptors (Lipinski definition) is 3. The third kappa shape index (κ3) is 3.29. The summed E-state index contributed by atoms with van der Waals surface area (Å²) in [6.45, 7) is 6.15. The highest BCUT2D eigenvalue weighted by atomic mass is 32.1. The second-order valence-corrected chi connectivity index (χ2v) is 6.99. The number of carbonyl (C=O) groups is 1. The first-order chi connectivity index (χ1) is 11.1. The minimum absolute atomic E-state index is 0.00916. The van der Waals surface area contributed by atoms with Crippen molar-refractivity contribution in [2.24, 2.45) is 0 Å². The van der Waals surface area contributed by atoms with Crippen LogP contribution < -0.4 is 5.32 Å². The molecule has 2 heterocycles. The van der Waals surface area contributed by atoms with Crippen molar-refractivity contribution in [3.05, 3.63) is 51.6 Å². The van der Waals surface area contributed by atoms with Crippen LogP contribution in [-0.4, -0.2) is 15.9 Å². The van der Waals surface area contributed by atoms with Gasteiger partial charge in [0.05, 0.1) is 18.2 Å². The lowest BCUT2D eigenvalue weighted by Gasteiger charge is -2.14. The van der Waals surface area contributed by atoms with E-state index in [-0.39, 0.29) is 11.9 Å². The number of nitrogens with one attached hydrogen (secondary N) is 2. The van der Waals surface area contributed by atoms with E-state index in [1.165, 1.54) is 4.88 Å². The van der Waals surface area contributed by atoms with Crippen molar-refractivity contribution in [1.82, 2.24) is 15.3 Å². The number of H-pyrrole nitrogens is 1. The molecule has 0 saturated heterocycles. The van der Waals surface area contributed by atoms with Gasteiger partial charge in [-0.15, -0.1) is 11.3 Å². The number of fused-ring (bicyclic) bond motifs is 1. The van der Waals surface area contributed by atoms with Crippen LogP contribution in [0.3, 0.4) is 0 Å². The Bertz CT molecular complexity index is 814. The van der Waals surface area contributed by atoms with Crippen LogP contribution in [0.5, 0.6) is 0 Å². The monoisotopic (exact) mass is 327 g/mol. The van der Waals surface area contributed by atoms with Crippen molar-refractivity contribution >= 4 is 28.1 Å². The molecule has 3 rings (SSSR count). The molecule has 0 aliphatic heterocycles. The summed E-state index contributed by atoms with van der Waals surface area (Å²) in [7, 11) is 0. The summed E-state index contributed by atoms with van der Waals surface area (Å²) >= 11 is 1.67. The number of nitrogens with zero attached hydrogens (tertiary/aromatic N) is 1. The molecule has 0 aliphatic carbocycles. The molecule has 0 fully saturated rings. The smallest absolute Gasteiger partial charge is 0.225 e. The summed E-state index contributed by atoms with van der Waals surface area (Å²) in [6.07, 6.45) is 3.14. The van der Waals surface area contributed by atoms with Gasteiger partial charge in [0.15, 0.2) is 0 Å². The summed E-state index contributed by atoms with van der Waals surface area (Å²) in [5.74, 6) is 0.0344. The fraction of sp³-hybridized carbons (Fsp3) is 0.333. The Labute approximate surface area is 140 Å². The average Bonchev–Trinajstić information content (AvgIpc) is 3.09. The summed E-state index contributed by atoms with van der Waals surface area (Å²) in [5, 5.41) is 5.22. The van der Waals surface area contributed by atoms with E-state index in [0.29, 0.717) is 6.42 Å². The first kappa shape index (κ1) is 15.7. The van der Waals surface area contributed by atoms with Gasteiger partial charge in [0.25, 0.3) is 0 Å². The van der Waals surface area contributed by atoms with Crippen molar-refractivity contribution in [2.75, 3.05) is 0 Å². The van der Waals surface area contributed by atoms with Gasteiger partial charge in [-0.2, -0.15) is 0 Å². The zero-order valence-corrected chi connectivity index (χ0v) is 14.5. The van der Waals surface area contributed by atoms with Crippen molar-refractivity contribution in [3.63, 3.8) is 0 Å². The molecule has 0 saturated carbocycles. The normalized spacial score (nSPS) is 12.5. The third-order valence-electron chi connectivity index (χ3n) is 4.11. The van der Waals surface area contributed by atoms with E-state index >= 15 is 0 Å². The first-order valence-electron chi connectivity index (χ1n) is 7.86. The average molecular weight is 327 g/mol. The van der Waals surface area contributed by atoms with E-state index in [4.69, 9.17) is 0 Å². The summed E-state index contributed by atoms with van der Waals surface area (Å²) in [5.41, 5.74) is 3.14. The highest BCUT2D eigenvalue weighted by Crippen LogP contribution is 2.25. The number of aryl methyl sites for hydroxylation is 2. The van der Waals surface area contributed by atoms with Gasteiger partial charge in [0.1, 0.15) is 5.01 Å². The third-order valence-corrected chi connectivity index (χ3v) is 5.30. The number of aromatic nitrogens is 2. The molecule has 0 radical (unpaired) electrons. The quantitative estimate of drug-likeness (QED) is 0.742. The zero-order chi connectivity index (χ0) is 16.4. The molecule has 1 amide bonds. The number of benzene rings is 1. The molecule has 1 aromatic carbocycles. The Morgan fingerprint density at radius 3 is 2.83 bits per heavy atom. The summed E-state index contributed by atoms with van der Waals surface area (Å²) in [4.78, 5) is 21.4. The van der Waals surface area contributed by atoms with Crippen LogP contribution in [0.15, 0.2) is 30.5 Å². The Kier molecular flexibility index (Phi) is 4.48. The van der Waals surface area contributed by atoms with Gasteiger partial charge in [-0.1, -0.05) is 25.1 Å². The first-order valence-corrected chi connectivity index (χ1v) is 8.68. The molecule has 0 spiro atoms. The van der Waals surface area contributed by atoms with Gasteiger partial charge in [-0.05, 0) is 31.9 Å². The molecule has 3 aromatic rings. The maximum absolute atomic E-state index is 12.4. The maximum Gasteiger partial charge on any atom is 0.225 e. The highest BCUT2D eigenvalue weighted by molar-refractivity contribution is 7.11. The van der Waals surface area contributed by atoms with Crippen molar-refractivity contribution in [2.45, 2.75) is 39.7 Å². The fourth-order valence-corrected chi connectivity index (χ4v) is 3.74. The summed E-state index contributed by atoms with van der Waals surface area (Å²) < 4.78 is 0. The second kappa shape index (κ2) is 6.54. The van der Waals surface area contributed by atoms with Crippen LogP contribution in [0.25, 0.3) is 10.9 Å². The molecule has 120 valence electrons. The van der Waals surface area contributed by atoms with Crippen molar-refractivity contribution in [3.8, 4) is 0 Å². The largest absolute Gasteiger partial charge is 0.361 e. The molecule has 23 heavy (non-hydrogen) atoms. The molecule has 0 unspecified atom stereocenters. The van der Waals surface area contributed by atoms with Gasteiger partial charge >= 0.3 is 0 Å². The molecule has 1 atom stereocenters. The fourth-order valence-electron chi connectivity index (χ4n) is 2.68. The Hall–Kier alpha value is -2.14. The van der Waals surface area contributed by atoms with E-state index < -0.39 is 0 Å². The van der Waals surface area contributed by atoms with Gasteiger partial charge in [0.2, 0.25) is 5.91 Å². The zero-order valence-electron chi connectivity index (χ0n) is 13.6. The number of thiazole rings is 1. The number of aromatic amines is 1. The van der Waals surface area contributed by atoms with E-state index in [0.717, 1.165) is 33.6 Å². The summed E-state index contributed by atoms with van der Waals surface area (Å²) in [6, 6.07) is 8.03. The van der Waals surface area contributed by atoms with Crippen LogP contribution in [0, 0.1) is 13.8 Å². The van der Waals surface area contributed by atoms with Crippen molar-refractivity contribution in [1.29, 1.82) is 0 Å². The van der Waals surface area contributed by atoms with Gasteiger partial charge in [-0.3, -0.25) is 4.79 Å². The molecule has 2 N–H and O–H groups in total. The maximum atomic E-state index is 12.4. The Morgan fingerprint density at radius 2 is 2.13 bits per heavy atom. The van der Waals surface area contributed by atoms with E-state index in [1.54, 1.807) is 11.3 Å². The van der Waals surface area contributed by atoms with E-state index in [9.17, 15) is 4.79 Å². The van der Waals surface area contributed by atoms with Crippen LogP contribution in [0.1, 0.15) is 40.5 Å². The second-order valence-electron chi connectivity index (χ2n) is 5.76. The lowest BCUT2D eigenvalue weighted by molar-refractivity contribution is -0.121. The number of hydrogen-bond donors (Lipinski definition) is 2. The molecule has 4 nitrogen and oxygen atoms in total. The predicted molar refractivity (Wildman–Crippen MR) is 94.8 cm³/mol. The molecule has 0 bridgehead atoms. The van der Waals surface area contributed by atoms with E-state index in [1.807, 2.05) is 37.4 Å². The Morgan fingerprint density at radius 1 is 1.35 bits per heavy atom. The standard InChI is InChI=1S/C18H21N3OS/c1-4-15(18-20-11(2)12(3)23-18)21-17(22)9-13-10-19-16-8-6-5-7-14(13)16/h5-8,10,15,19H,4,9H2,1-3H3,(H,21,22)/t15-/m0/s1. The number of para-hydroxylation sites is 1. The van der Waals surface area contributed by atoms with E-state index in [2.05, 4.69) is 29.1 Å². The van der Waals surface area contributed by atoms with Crippen LogP contribution in [0.4, 0.5) is 0 Å². The topological polar surface area (TPSA) is 57.8 Å². The molecular formula is C18H21N3OS. The lowest BCUT2D eigenvalue weighted by atomic mass is 10.1. The SMILES string of the molecule is CC[C@H](NC(=O)Cc1c[nH]c2ccccc12)c1nc(C)c(C)s1.